The van der Waals surface area contributed by atoms with Gasteiger partial charge in [0.15, 0.2) is 5.58 Å². The third-order valence-corrected chi connectivity index (χ3v) is 6.88. The Morgan fingerprint density at radius 2 is 1.17 bits per heavy atom. The molecular weight excluding hydrogens is 450 g/mol. The molecule has 0 amide bonds. The van der Waals surface area contributed by atoms with Gasteiger partial charge in [-0.1, -0.05) is 95.6 Å². The molecule has 35 heavy (non-hydrogen) atoms. The number of para-hydroxylation sites is 2. The number of benzene rings is 4. The molecule has 3 heteroatoms. The largest absolute Gasteiger partial charge is 0.454 e. The molecule has 5 rings (SSSR count). The molecule has 0 fully saturated rings. The molecule has 178 valence electrons. The molecule has 0 radical (unpaired) electrons. The van der Waals surface area contributed by atoms with Gasteiger partial charge in [-0.05, 0) is 64.4 Å². The zero-order chi connectivity index (χ0) is 25.0. The second kappa shape index (κ2) is 8.46. The maximum atomic E-state index is 6.84. The van der Waals surface area contributed by atoms with Crippen LogP contribution in [0.3, 0.4) is 0 Å². The number of hydrogen-bond acceptors (Lipinski definition) is 2. The molecule has 4 aromatic carbocycles. The zero-order valence-electron chi connectivity index (χ0n) is 21.3. The Morgan fingerprint density at radius 3 is 1.80 bits per heavy atom. The van der Waals surface area contributed by atoms with Crippen molar-refractivity contribution in [2.24, 2.45) is 0 Å². The van der Waals surface area contributed by atoms with E-state index < -0.39 is 0 Å². The number of nitrogens with zero attached hydrogens (tertiary/aromatic N) is 1. The molecule has 1 heterocycles. The van der Waals surface area contributed by atoms with Gasteiger partial charge in [0.1, 0.15) is 5.58 Å². The first-order chi connectivity index (χ1) is 16.5. The van der Waals surface area contributed by atoms with Gasteiger partial charge >= 0.3 is 0 Å². The molecule has 0 aliphatic carbocycles. The molecule has 0 saturated heterocycles. The van der Waals surface area contributed by atoms with E-state index in [0.717, 1.165) is 39.0 Å². The Labute approximate surface area is 213 Å². The average molecular weight is 482 g/mol. The van der Waals surface area contributed by atoms with Crippen LogP contribution in [-0.4, -0.2) is 0 Å². The van der Waals surface area contributed by atoms with E-state index in [2.05, 4.69) is 101 Å². The van der Waals surface area contributed by atoms with Gasteiger partial charge in [0.2, 0.25) is 0 Å². The summed E-state index contributed by atoms with van der Waals surface area (Å²) in [4.78, 5) is 2.30. The molecular formula is C32H32ClNO. The molecule has 0 spiro atoms. The second-order valence-corrected chi connectivity index (χ2v) is 11.7. The van der Waals surface area contributed by atoms with Crippen molar-refractivity contribution in [2.75, 3.05) is 4.90 Å². The Hall–Kier alpha value is -3.23. The minimum atomic E-state index is 0.0146. The van der Waals surface area contributed by atoms with E-state index in [1.165, 1.54) is 11.1 Å². The van der Waals surface area contributed by atoms with Crippen LogP contribution in [0.1, 0.15) is 52.7 Å². The van der Waals surface area contributed by atoms with Crippen molar-refractivity contribution in [3.8, 4) is 0 Å². The van der Waals surface area contributed by atoms with E-state index in [1.54, 1.807) is 0 Å². The summed E-state index contributed by atoms with van der Waals surface area (Å²) in [6.07, 6.45) is 0. The molecule has 0 bridgehead atoms. The van der Waals surface area contributed by atoms with Crippen molar-refractivity contribution < 1.29 is 4.42 Å². The second-order valence-electron chi connectivity index (χ2n) is 11.3. The van der Waals surface area contributed by atoms with Gasteiger partial charge in [-0.15, -0.1) is 0 Å². The summed E-state index contributed by atoms with van der Waals surface area (Å²) < 4.78 is 6.11. The van der Waals surface area contributed by atoms with Crippen molar-refractivity contribution in [1.29, 1.82) is 0 Å². The average Bonchev–Trinajstić information content (AvgIpc) is 3.18. The van der Waals surface area contributed by atoms with Gasteiger partial charge in [-0.25, -0.2) is 0 Å². The fraction of sp³-hybridized carbons (Fsp3) is 0.250. The summed E-state index contributed by atoms with van der Waals surface area (Å²) in [6.45, 7) is 13.6. The lowest BCUT2D eigenvalue weighted by Crippen LogP contribution is -2.19. The van der Waals surface area contributed by atoms with E-state index in [4.69, 9.17) is 16.0 Å². The minimum Gasteiger partial charge on any atom is -0.454 e. The van der Waals surface area contributed by atoms with Crippen LogP contribution in [0.5, 0.6) is 0 Å². The number of fused-ring (bicyclic) bond motifs is 3. The van der Waals surface area contributed by atoms with E-state index >= 15 is 0 Å². The van der Waals surface area contributed by atoms with Crippen molar-refractivity contribution in [3.63, 3.8) is 0 Å². The molecule has 1 aromatic heterocycles. The summed E-state index contributed by atoms with van der Waals surface area (Å²) in [7, 11) is 0. The Kier molecular flexibility index (Phi) is 5.68. The highest BCUT2D eigenvalue weighted by Crippen LogP contribution is 2.43. The first-order valence-electron chi connectivity index (χ1n) is 12.1. The predicted octanol–water partition coefficient (Wildman–Crippen LogP) is 10.3. The van der Waals surface area contributed by atoms with Crippen molar-refractivity contribution in [3.05, 3.63) is 101 Å². The summed E-state index contributed by atoms with van der Waals surface area (Å²) >= 11 is 6.84. The van der Waals surface area contributed by atoms with Crippen LogP contribution < -0.4 is 4.90 Å². The van der Waals surface area contributed by atoms with Gasteiger partial charge in [0, 0.05) is 27.8 Å². The van der Waals surface area contributed by atoms with Crippen LogP contribution >= 0.6 is 11.6 Å². The quantitative estimate of drug-likeness (QED) is 0.255. The number of anilines is 3. The van der Waals surface area contributed by atoms with Crippen LogP contribution in [-0.2, 0) is 10.8 Å². The number of rotatable bonds is 3. The van der Waals surface area contributed by atoms with Gasteiger partial charge in [-0.3, -0.25) is 0 Å². The topological polar surface area (TPSA) is 16.4 Å². The van der Waals surface area contributed by atoms with Crippen LogP contribution in [0.2, 0.25) is 5.02 Å². The maximum absolute atomic E-state index is 6.84. The molecule has 2 nitrogen and oxygen atoms in total. The third kappa shape index (κ3) is 4.44. The van der Waals surface area contributed by atoms with Crippen LogP contribution in [0, 0.1) is 0 Å². The SMILES string of the molecule is CC(C)(C)c1cc(N(c2ccccc2)c2cc(Cl)c3oc4ccccc4c3c2)cc(C(C)(C)C)c1. The summed E-state index contributed by atoms with van der Waals surface area (Å²) in [5, 5.41) is 2.70. The first kappa shape index (κ1) is 23.5. The molecule has 0 aliphatic heterocycles. The molecule has 5 aromatic rings. The minimum absolute atomic E-state index is 0.0146. The highest BCUT2D eigenvalue weighted by molar-refractivity contribution is 6.36. The fourth-order valence-corrected chi connectivity index (χ4v) is 4.78. The zero-order valence-corrected chi connectivity index (χ0v) is 22.1. The van der Waals surface area contributed by atoms with Crippen molar-refractivity contribution in [2.45, 2.75) is 52.4 Å². The predicted molar refractivity (Wildman–Crippen MR) is 151 cm³/mol. The highest BCUT2D eigenvalue weighted by Gasteiger charge is 2.24. The van der Waals surface area contributed by atoms with Gasteiger partial charge in [0.25, 0.3) is 0 Å². The summed E-state index contributed by atoms with van der Waals surface area (Å²) in [5.74, 6) is 0. The third-order valence-electron chi connectivity index (χ3n) is 6.60. The molecule has 0 N–H and O–H groups in total. The summed E-state index contributed by atoms with van der Waals surface area (Å²) in [6, 6.07) is 29.8. The van der Waals surface area contributed by atoms with E-state index in [0.29, 0.717) is 5.02 Å². The summed E-state index contributed by atoms with van der Waals surface area (Å²) in [5.41, 5.74) is 7.43. The molecule has 0 atom stereocenters. The molecule has 0 saturated carbocycles. The Balaban J connectivity index is 1.81. The van der Waals surface area contributed by atoms with Gasteiger partial charge in [-0.2, -0.15) is 0 Å². The van der Waals surface area contributed by atoms with Crippen molar-refractivity contribution >= 4 is 50.6 Å². The van der Waals surface area contributed by atoms with Crippen molar-refractivity contribution in [1.82, 2.24) is 0 Å². The Bertz CT molecular complexity index is 1480. The van der Waals surface area contributed by atoms with Crippen LogP contribution in [0.25, 0.3) is 21.9 Å². The molecule has 0 unspecified atom stereocenters. The Morgan fingerprint density at radius 1 is 0.600 bits per heavy atom. The monoisotopic (exact) mass is 481 g/mol. The highest BCUT2D eigenvalue weighted by atomic mass is 35.5. The molecule has 0 aliphatic rings. The number of hydrogen-bond donors (Lipinski definition) is 0. The number of halogens is 1. The standard InChI is InChI=1S/C32H32ClNO/c1-31(2,3)21-16-22(32(4,5)6)18-24(17-21)34(23-12-8-7-9-13-23)25-19-27-26-14-10-11-15-29(26)35-30(27)28(33)20-25/h7-20H,1-6H3. The lowest BCUT2D eigenvalue weighted by Gasteiger charge is -2.31. The maximum Gasteiger partial charge on any atom is 0.154 e. The lowest BCUT2D eigenvalue weighted by molar-refractivity contribution is 0.569. The van der Waals surface area contributed by atoms with E-state index in [-0.39, 0.29) is 10.8 Å². The van der Waals surface area contributed by atoms with Crippen LogP contribution in [0.4, 0.5) is 17.1 Å². The van der Waals surface area contributed by atoms with Gasteiger partial charge in [0.05, 0.1) is 5.02 Å². The fourth-order valence-electron chi connectivity index (χ4n) is 4.53. The lowest BCUT2D eigenvalue weighted by atomic mass is 9.80. The van der Waals surface area contributed by atoms with Gasteiger partial charge < -0.3 is 9.32 Å². The van der Waals surface area contributed by atoms with Crippen LogP contribution in [0.15, 0.2) is 89.3 Å². The van der Waals surface area contributed by atoms with E-state index in [1.807, 2.05) is 30.3 Å². The first-order valence-corrected chi connectivity index (χ1v) is 12.5. The van der Waals surface area contributed by atoms with E-state index in [9.17, 15) is 0 Å². The normalized spacial score (nSPS) is 12.4. The smallest absolute Gasteiger partial charge is 0.154 e. The number of furan rings is 1.